The zero-order chi connectivity index (χ0) is 32.5. The van der Waals surface area contributed by atoms with Gasteiger partial charge in [-0.05, 0) is 52.0 Å². The van der Waals surface area contributed by atoms with Crippen LogP contribution in [0.1, 0.15) is 45.6 Å². The van der Waals surface area contributed by atoms with Gasteiger partial charge in [-0.2, -0.15) is 18.4 Å². The predicted molar refractivity (Wildman–Crippen MR) is 154 cm³/mol. The van der Waals surface area contributed by atoms with Gasteiger partial charge in [-0.3, -0.25) is 4.79 Å². The molecule has 240 valence electrons. The summed E-state index contributed by atoms with van der Waals surface area (Å²) in [5.41, 5.74) is 6.51. The van der Waals surface area contributed by atoms with Gasteiger partial charge in [0, 0.05) is 36.1 Å². The molecule has 0 saturated carbocycles. The normalized spacial score (nSPS) is 16.0. The van der Waals surface area contributed by atoms with E-state index in [9.17, 15) is 28.0 Å². The van der Waals surface area contributed by atoms with Gasteiger partial charge in [0.05, 0.1) is 5.56 Å². The number of alkyl carbamates (subject to hydrolysis) is 1. The van der Waals surface area contributed by atoms with E-state index in [4.69, 9.17) is 15.2 Å². The lowest BCUT2D eigenvalue weighted by Crippen LogP contribution is -2.53. The first kappa shape index (κ1) is 31.9. The molecule has 0 aliphatic carbocycles. The number of likely N-dealkylation sites (tertiary alicyclic amines) is 1. The highest BCUT2D eigenvalue weighted by atomic mass is 32.2. The first-order valence-electron chi connectivity index (χ1n) is 14.1. The summed E-state index contributed by atoms with van der Waals surface area (Å²) < 4.78 is 58.4. The van der Waals surface area contributed by atoms with Gasteiger partial charge in [-0.15, -0.1) is 0 Å². The number of aryl methyl sites for hydroxylation is 1. The molecule has 1 aromatic carbocycles. The maximum atomic E-state index is 13.7. The van der Waals surface area contributed by atoms with Gasteiger partial charge in [0.15, 0.2) is 33.6 Å². The number of nitrogens with zero attached hydrogens (tertiary/aromatic N) is 6. The SMILES string of the molecule is CC(C)(C)NC(=O)OC(C(=O)N1CCC(CCn2c(Sc3cc4c(cc3C#N)OCO4)nc3c(N)ncnc32)CC1)C(F)(F)F. The Morgan fingerprint density at radius 3 is 2.53 bits per heavy atom. The summed E-state index contributed by atoms with van der Waals surface area (Å²) in [6, 6.07) is 5.48. The molecular formula is C28H31F3N8O5S. The maximum absolute atomic E-state index is 13.7. The van der Waals surface area contributed by atoms with E-state index >= 15 is 0 Å². The van der Waals surface area contributed by atoms with Gasteiger partial charge < -0.3 is 34.7 Å². The van der Waals surface area contributed by atoms with E-state index in [1.807, 2.05) is 4.57 Å². The number of nitriles is 1. The molecule has 3 N–H and O–H groups in total. The van der Waals surface area contributed by atoms with Crippen LogP contribution in [0.25, 0.3) is 11.2 Å². The average Bonchev–Trinajstić information content (AvgIpc) is 3.57. The Morgan fingerprint density at radius 1 is 1.20 bits per heavy atom. The third-order valence-electron chi connectivity index (χ3n) is 7.23. The highest BCUT2D eigenvalue weighted by molar-refractivity contribution is 7.99. The number of benzene rings is 1. The van der Waals surface area contributed by atoms with Crippen LogP contribution in [0.5, 0.6) is 11.5 Å². The number of halogens is 3. The van der Waals surface area contributed by atoms with Crippen molar-refractivity contribution in [2.45, 2.75) is 74.4 Å². The number of piperidine rings is 1. The predicted octanol–water partition coefficient (Wildman–Crippen LogP) is 4.24. The number of aromatic nitrogens is 4. The Balaban J connectivity index is 1.27. The highest BCUT2D eigenvalue weighted by Crippen LogP contribution is 2.41. The first-order valence-corrected chi connectivity index (χ1v) is 14.9. The second-order valence-corrected chi connectivity index (χ2v) is 12.7. The van der Waals surface area contributed by atoms with Crippen LogP contribution in [0.15, 0.2) is 28.5 Å². The fourth-order valence-corrected chi connectivity index (χ4v) is 6.03. The summed E-state index contributed by atoms with van der Waals surface area (Å²) in [7, 11) is 0. The molecule has 3 aromatic rings. The number of anilines is 1. The summed E-state index contributed by atoms with van der Waals surface area (Å²) in [5.74, 6) is -0.0543. The third kappa shape index (κ3) is 7.27. The van der Waals surface area contributed by atoms with Crippen molar-refractivity contribution >= 4 is 40.7 Å². The van der Waals surface area contributed by atoms with E-state index in [0.29, 0.717) is 64.1 Å². The Hall–Kier alpha value is -4.46. The van der Waals surface area contributed by atoms with Crippen molar-refractivity contribution in [3.8, 4) is 17.6 Å². The number of fused-ring (bicyclic) bond motifs is 2. The molecule has 2 aromatic heterocycles. The Kier molecular flexibility index (Phi) is 8.88. The van der Waals surface area contributed by atoms with E-state index in [1.54, 1.807) is 32.9 Å². The lowest BCUT2D eigenvalue weighted by atomic mass is 9.93. The number of ether oxygens (including phenoxy) is 3. The molecule has 4 heterocycles. The number of rotatable bonds is 7. The Bertz CT molecular complexity index is 1640. The summed E-state index contributed by atoms with van der Waals surface area (Å²) in [6.45, 7) is 5.39. The summed E-state index contributed by atoms with van der Waals surface area (Å²) in [6.07, 6.45) is -6.46. The van der Waals surface area contributed by atoms with Gasteiger partial charge in [-0.25, -0.2) is 19.7 Å². The smallest absolute Gasteiger partial charge is 0.434 e. The summed E-state index contributed by atoms with van der Waals surface area (Å²) in [5, 5.41) is 12.5. The van der Waals surface area contributed by atoms with E-state index in [-0.39, 0.29) is 31.6 Å². The van der Waals surface area contributed by atoms with Crippen LogP contribution in [-0.4, -0.2) is 74.1 Å². The molecule has 13 nitrogen and oxygen atoms in total. The van der Waals surface area contributed by atoms with Crippen molar-refractivity contribution in [1.82, 2.24) is 29.7 Å². The minimum atomic E-state index is -5.06. The molecule has 2 amide bonds. The van der Waals surface area contributed by atoms with E-state index in [0.717, 1.165) is 4.90 Å². The van der Waals surface area contributed by atoms with E-state index < -0.39 is 29.8 Å². The molecule has 1 unspecified atom stereocenters. The molecule has 1 atom stereocenters. The quantitative estimate of drug-likeness (QED) is 0.376. The third-order valence-corrected chi connectivity index (χ3v) is 8.28. The number of alkyl halides is 3. The van der Waals surface area contributed by atoms with Crippen LogP contribution in [0, 0.1) is 17.2 Å². The first-order chi connectivity index (χ1) is 21.2. The minimum absolute atomic E-state index is 0.0553. The molecule has 1 fully saturated rings. The average molecular weight is 649 g/mol. The summed E-state index contributed by atoms with van der Waals surface area (Å²) >= 11 is 1.23. The topological polar surface area (TPSA) is 171 Å². The molecule has 0 bridgehead atoms. The van der Waals surface area contributed by atoms with Crippen LogP contribution in [-0.2, 0) is 16.1 Å². The zero-order valence-corrected chi connectivity index (χ0v) is 25.5. The lowest BCUT2D eigenvalue weighted by Gasteiger charge is -2.34. The van der Waals surface area contributed by atoms with Crippen molar-refractivity contribution in [3.63, 3.8) is 0 Å². The van der Waals surface area contributed by atoms with Crippen LogP contribution in [0.4, 0.5) is 23.8 Å². The Morgan fingerprint density at radius 2 is 1.89 bits per heavy atom. The molecule has 45 heavy (non-hydrogen) atoms. The number of hydrogen-bond donors (Lipinski definition) is 2. The Labute approximate surface area is 260 Å². The fraction of sp³-hybridized carbons (Fsp3) is 0.500. The number of nitrogens with one attached hydrogen (secondary N) is 1. The number of carbonyl (C=O) groups excluding carboxylic acids is 2. The molecule has 2 aliphatic heterocycles. The number of nitrogen functional groups attached to an aromatic ring is 1. The van der Waals surface area contributed by atoms with Gasteiger partial charge >= 0.3 is 12.3 Å². The standard InChI is InChI=1S/C28H31F3N8O5S/c1-27(2,3)37-26(41)44-21(28(29,30)31)24(40)38-7-4-15(5-8-38)6-9-39-23-20(22(33)34-13-35-23)36-25(39)45-19-11-18-17(42-14-43-18)10-16(19)12-32/h10-11,13,15,21H,4-9,14H2,1-3H3,(H,37,41)(H2,33,34,35). The van der Waals surface area contributed by atoms with E-state index in [1.165, 1.54) is 18.1 Å². The number of hydrogen-bond acceptors (Lipinski definition) is 11. The molecule has 2 aliphatic rings. The number of amides is 2. The second-order valence-electron chi connectivity index (χ2n) is 11.7. The largest absolute Gasteiger partial charge is 0.454 e. The number of carbonyl (C=O) groups is 2. The zero-order valence-electron chi connectivity index (χ0n) is 24.7. The van der Waals surface area contributed by atoms with Gasteiger partial charge in [0.1, 0.15) is 12.4 Å². The van der Waals surface area contributed by atoms with Crippen molar-refractivity contribution in [2.75, 3.05) is 25.6 Å². The lowest BCUT2D eigenvalue weighted by molar-refractivity contribution is -0.211. The van der Waals surface area contributed by atoms with Gasteiger partial charge in [0.2, 0.25) is 6.79 Å². The van der Waals surface area contributed by atoms with Crippen LogP contribution in [0.3, 0.4) is 0 Å². The molecule has 17 heteroatoms. The molecule has 0 spiro atoms. The van der Waals surface area contributed by atoms with Crippen molar-refractivity contribution in [2.24, 2.45) is 5.92 Å². The second kappa shape index (κ2) is 12.5. The maximum Gasteiger partial charge on any atom is 0.434 e. The fourth-order valence-electron chi connectivity index (χ4n) is 5.03. The molecular weight excluding hydrogens is 617 g/mol. The minimum Gasteiger partial charge on any atom is -0.454 e. The number of imidazole rings is 1. The van der Waals surface area contributed by atoms with E-state index in [2.05, 4.69) is 31.1 Å². The highest BCUT2D eigenvalue weighted by Gasteiger charge is 2.50. The molecule has 0 radical (unpaired) electrons. The van der Waals surface area contributed by atoms with Gasteiger partial charge in [0.25, 0.3) is 12.0 Å². The molecule has 5 rings (SSSR count). The van der Waals surface area contributed by atoms with Crippen LogP contribution in [0.2, 0.25) is 0 Å². The number of nitrogens with two attached hydrogens (primary N) is 1. The van der Waals surface area contributed by atoms with Gasteiger partial charge in [-0.1, -0.05) is 11.8 Å². The van der Waals surface area contributed by atoms with Crippen molar-refractivity contribution in [3.05, 3.63) is 24.0 Å². The monoisotopic (exact) mass is 648 g/mol. The van der Waals surface area contributed by atoms with Crippen molar-refractivity contribution < 1.29 is 37.0 Å². The van der Waals surface area contributed by atoms with Crippen LogP contribution < -0.4 is 20.5 Å². The molecule has 1 saturated heterocycles. The van der Waals surface area contributed by atoms with Crippen LogP contribution >= 0.6 is 11.8 Å². The summed E-state index contributed by atoms with van der Waals surface area (Å²) in [4.78, 5) is 39.6. The van der Waals surface area contributed by atoms with Crippen molar-refractivity contribution in [1.29, 1.82) is 5.26 Å².